The first-order valence-corrected chi connectivity index (χ1v) is 6.39. The molecule has 2 rings (SSSR count). The molecule has 0 aromatic carbocycles. The number of aromatic nitrogens is 1. The molecule has 1 fully saturated rings. The minimum atomic E-state index is 0.447. The van der Waals surface area contributed by atoms with Crippen molar-refractivity contribution in [2.45, 2.75) is 26.7 Å². The zero-order valence-electron chi connectivity index (χ0n) is 10.4. The molecular weight excluding hydrogens is 230 g/mol. The van der Waals surface area contributed by atoms with Crippen molar-refractivity contribution in [1.29, 1.82) is 0 Å². The first-order valence-electron chi connectivity index (χ1n) is 5.98. The van der Waals surface area contributed by atoms with Crippen molar-refractivity contribution in [2.75, 3.05) is 18.0 Å². The highest BCUT2D eigenvalue weighted by molar-refractivity contribution is 7.80. The normalized spacial score (nSPS) is 19.1. The molecule has 1 aliphatic rings. The van der Waals surface area contributed by atoms with E-state index in [1.807, 2.05) is 12.3 Å². The van der Waals surface area contributed by atoms with E-state index in [0.717, 1.165) is 24.3 Å². The lowest BCUT2D eigenvalue weighted by molar-refractivity contribution is 0.280. The van der Waals surface area contributed by atoms with E-state index in [0.29, 0.717) is 10.4 Å². The fourth-order valence-corrected chi connectivity index (χ4v) is 2.37. The van der Waals surface area contributed by atoms with Crippen LogP contribution in [0.3, 0.4) is 0 Å². The molecule has 0 bridgehead atoms. The van der Waals surface area contributed by atoms with Crippen molar-refractivity contribution in [1.82, 2.24) is 4.98 Å². The molecule has 0 amide bonds. The molecule has 1 saturated heterocycles. The predicted octanol–water partition coefficient (Wildman–Crippen LogP) is 2.34. The number of nitrogens with two attached hydrogens (primary N) is 1. The number of nitrogens with zero attached hydrogens (tertiary/aromatic N) is 2. The molecule has 0 aliphatic carbocycles. The Morgan fingerprint density at radius 2 is 2.06 bits per heavy atom. The van der Waals surface area contributed by atoms with Crippen LogP contribution in [0.2, 0.25) is 0 Å². The molecule has 17 heavy (non-hydrogen) atoms. The largest absolute Gasteiger partial charge is 0.389 e. The van der Waals surface area contributed by atoms with Crippen LogP contribution < -0.4 is 10.6 Å². The van der Waals surface area contributed by atoms with E-state index in [9.17, 15) is 0 Å². The summed E-state index contributed by atoms with van der Waals surface area (Å²) in [6.45, 7) is 6.74. The second-order valence-corrected chi connectivity index (χ2v) is 5.85. The van der Waals surface area contributed by atoms with E-state index in [1.165, 1.54) is 12.8 Å². The molecule has 0 spiro atoms. The van der Waals surface area contributed by atoms with Gasteiger partial charge in [-0.2, -0.15) is 0 Å². The first kappa shape index (κ1) is 12.3. The van der Waals surface area contributed by atoms with Gasteiger partial charge in [-0.15, -0.1) is 0 Å². The van der Waals surface area contributed by atoms with Gasteiger partial charge < -0.3 is 10.6 Å². The second kappa shape index (κ2) is 4.61. The van der Waals surface area contributed by atoms with E-state index in [-0.39, 0.29) is 0 Å². The molecule has 1 aliphatic heterocycles. The number of pyridine rings is 1. The number of rotatable bonds is 2. The summed E-state index contributed by atoms with van der Waals surface area (Å²) in [7, 11) is 0. The third-order valence-electron chi connectivity index (χ3n) is 3.52. The zero-order chi connectivity index (χ0) is 12.5. The Hall–Kier alpha value is -1.16. The van der Waals surface area contributed by atoms with Gasteiger partial charge in [-0.05, 0) is 24.3 Å². The fourth-order valence-electron chi connectivity index (χ4n) is 2.20. The molecule has 2 N–H and O–H groups in total. The molecule has 92 valence electrons. The zero-order valence-corrected chi connectivity index (χ0v) is 11.3. The Morgan fingerprint density at radius 3 is 2.65 bits per heavy atom. The molecule has 3 nitrogen and oxygen atoms in total. The van der Waals surface area contributed by atoms with Gasteiger partial charge in [0.15, 0.2) is 0 Å². The molecule has 1 aromatic heterocycles. The summed E-state index contributed by atoms with van der Waals surface area (Å²) < 4.78 is 0. The highest BCUT2D eigenvalue weighted by Gasteiger charge is 2.26. The van der Waals surface area contributed by atoms with Crippen LogP contribution in [-0.4, -0.2) is 23.1 Å². The quantitative estimate of drug-likeness (QED) is 0.817. The molecule has 0 saturated carbocycles. The van der Waals surface area contributed by atoms with Crippen molar-refractivity contribution in [3.05, 3.63) is 24.0 Å². The van der Waals surface area contributed by atoms with E-state index in [1.54, 1.807) is 6.20 Å². The molecule has 4 heteroatoms. The molecule has 0 unspecified atom stereocenters. The van der Waals surface area contributed by atoms with Crippen molar-refractivity contribution in [3.8, 4) is 0 Å². The minimum Gasteiger partial charge on any atom is -0.389 e. The summed E-state index contributed by atoms with van der Waals surface area (Å²) in [4.78, 5) is 6.97. The Balaban J connectivity index is 2.21. The van der Waals surface area contributed by atoms with Crippen LogP contribution in [0.5, 0.6) is 0 Å². The molecule has 2 heterocycles. The first-order chi connectivity index (χ1) is 7.99. The van der Waals surface area contributed by atoms with Crippen molar-refractivity contribution < 1.29 is 0 Å². The topological polar surface area (TPSA) is 42.2 Å². The summed E-state index contributed by atoms with van der Waals surface area (Å²) in [5.74, 6) is 0. The van der Waals surface area contributed by atoms with Crippen molar-refractivity contribution in [3.63, 3.8) is 0 Å². The fraction of sp³-hybridized carbons (Fsp3) is 0.538. The van der Waals surface area contributed by atoms with Crippen LogP contribution in [0.4, 0.5) is 5.69 Å². The van der Waals surface area contributed by atoms with Crippen molar-refractivity contribution in [2.24, 2.45) is 11.1 Å². The van der Waals surface area contributed by atoms with Gasteiger partial charge in [-0.25, -0.2) is 0 Å². The maximum Gasteiger partial charge on any atom is 0.106 e. The Labute approximate surface area is 108 Å². The smallest absolute Gasteiger partial charge is 0.106 e. The van der Waals surface area contributed by atoms with Gasteiger partial charge in [0, 0.05) is 24.8 Å². The van der Waals surface area contributed by atoms with Crippen LogP contribution in [0, 0.1) is 5.41 Å². The lowest BCUT2D eigenvalue weighted by Gasteiger charge is -2.38. The lowest BCUT2D eigenvalue weighted by atomic mass is 9.82. The van der Waals surface area contributed by atoms with Crippen LogP contribution in [0.25, 0.3) is 0 Å². The monoisotopic (exact) mass is 249 g/mol. The highest BCUT2D eigenvalue weighted by atomic mass is 32.1. The Bertz CT molecular complexity index is 418. The predicted molar refractivity (Wildman–Crippen MR) is 75.4 cm³/mol. The average molecular weight is 249 g/mol. The number of thiocarbonyl (C=S) groups is 1. The maximum atomic E-state index is 5.75. The summed E-state index contributed by atoms with van der Waals surface area (Å²) in [6.07, 6.45) is 6.00. The van der Waals surface area contributed by atoms with E-state index >= 15 is 0 Å². The Kier molecular flexibility index (Phi) is 3.33. The van der Waals surface area contributed by atoms with Gasteiger partial charge in [0.1, 0.15) is 4.99 Å². The number of anilines is 1. The number of hydrogen-bond donors (Lipinski definition) is 1. The molecule has 1 aromatic rings. The minimum absolute atomic E-state index is 0.447. The summed E-state index contributed by atoms with van der Waals surface area (Å²) >= 11 is 5.09. The van der Waals surface area contributed by atoms with Crippen molar-refractivity contribution >= 4 is 22.9 Å². The summed E-state index contributed by atoms with van der Waals surface area (Å²) in [5.41, 5.74) is 8.22. The van der Waals surface area contributed by atoms with Gasteiger partial charge in [-0.3, -0.25) is 4.98 Å². The standard InChI is InChI=1S/C13H19N3S/c1-13(2)4-7-16(8-5-13)11-9-15-6-3-10(11)12(14)17/h3,6,9H,4-5,7-8H2,1-2H3,(H2,14,17). The lowest BCUT2D eigenvalue weighted by Crippen LogP contribution is -2.38. The van der Waals surface area contributed by atoms with Gasteiger partial charge in [-0.1, -0.05) is 26.1 Å². The average Bonchev–Trinajstić information content (AvgIpc) is 2.29. The van der Waals surface area contributed by atoms with Crippen LogP contribution in [0.15, 0.2) is 18.5 Å². The number of hydrogen-bond acceptors (Lipinski definition) is 3. The summed E-state index contributed by atoms with van der Waals surface area (Å²) in [5, 5.41) is 0. The molecule has 0 atom stereocenters. The van der Waals surface area contributed by atoms with E-state index in [4.69, 9.17) is 18.0 Å². The van der Waals surface area contributed by atoms with Gasteiger partial charge >= 0.3 is 0 Å². The van der Waals surface area contributed by atoms with E-state index in [2.05, 4.69) is 23.7 Å². The van der Waals surface area contributed by atoms with Crippen LogP contribution >= 0.6 is 12.2 Å². The van der Waals surface area contributed by atoms with Gasteiger partial charge in [0.25, 0.3) is 0 Å². The highest BCUT2D eigenvalue weighted by Crippen LogP contribution is 2.32. The van der Waals surface area contributed by atoms with Gasteiger partial charge in [0.05, 0.1) is 11.9 Å². The van der Waals surface area contributed by atoms with Crippen LogP contribution in [-0.2, 0) is 0 Å². The van der Waals surface area contributed by atoms with Gasteiger partial charge in [0.2, 0.25) is 0 Å². The van der Waals surface area contributed by atoms with Crippen LogP contribution in [0.1, 0.15) is 32.3 Å². The second-order valence-electron chi connectivity index (χ2n) is 5.41. The Morgan fingerprint density at radius 1 is 1.41 bits per heavy atom. The third-order valence-corrected chi connectivity index (χ3v) is 3.74. The molecule has 0 radical (unpaired) electrons. The maximum absolute atomic E-state index is 5.75. The third kappa shape index (κ3) is 2.75. The molecular formula is C13H19N3S. The van der Waals surface area contributed by atoms with E-state index < -0.39 is 0 Å². The number of piperidine rings is 1. The summed E-state index contributed by atoms with van der Waals surface area (Å²) in [6, 6.07) is 1.90. The SMILES string of the molecule is CC1(C)CCN(c2cnccc2C(N)=S)CC1.